The van der Waals surface area contributed by atoms with Gasteiger partial charge in [-0.15, -0.1) is 0 Å². The van der Waals surface area contributed by atoms with Crippen molar-refractivity contribution in [3.63, 3.8) is 0 Å². The first-order valence-corrected chi connectivity index (χ1v) is 10.9. The molecule has 1 saturated heterocycles. The smallest absolute Gasteiger partial charge is 0.250 e. The van der Waals surface area contributed by atoms with Gasteiger partial charge in [0.1, 0.15) is 10.6 Å². The number of rotatable bonds is 7. The summed E-state index contributed by atoms with van der Waals surface area (Å²) < 4.78 is 37.9. The lowest BCUT2D eigenvalue weighted by Gasteiger charge is -2.26. The monoisotopic (exact) mass is 445 g/mol. The number of para-hydroxylation sites is 1. The van der Waals surface area contributed by atoms with E-state index in [1.807, 2.05) is 0 Å². The number of carbonyl (C=O) groups is 2. The minimum Gasteiger partial charge on any atom is -0.495 e. The van der Waals surface area contributed by atoms with E-state index < -0.39 is 21.8 Å². The minimum absolute atomic E-state index is 0.0125. The SMILES string of the molecule is COc1ccc(C=CC(=O)Nc2ccccc2C(N)=O)cc1S(=O)(=O)N1CCOCC1. The van der Waals surface area contributed by atoms with Crippen molar-refractivity contribution in [2.45, 2.75) is 4.90 Å². The second-order valence-electron chi connectivity index (χ2n) is 6.66. The fourth-order valence-corrected chi connectivity index (χ4v) is 4.68. The van der Waals surface area contributed by atoms with Gasteiger partial charge in [0.05, 0.1) is 31.6 Å². The quantitative estimate of drug-likeness (QED) is 0.621. The number of nitrogens with two attached hydrogens (primary N) is 1. The average Bonchev–Trinajstić information content (AvgIpc) is 2.78. The standard InChI is InChI=1S/C21H23N3O6S/c1-29-18-8-6-15(14-19(18)31(27,28)24-10-12-30-13-11-24)7-9-20(25)23-17-5-3-2-4-16(17)21(22)26/h2-9,14H,10-13H2,1H3,(H2,22,26)(H,23,25). The molecule has 0 unspecified atom stereocenters. The van der Waals surface area contributed by atoms with Crippen LogP contribution in [0.25, 0.3) is 6.08 Å². The van der Waals surface area contributed by atoms with Crippen LogP contribution in [0, 0.1) is 0 Å². The zero-order chi connectivity index (χ0) is 22.4. The first kappa shape index (κ1) is 22.5. The van der Waals surface area contributed by atoms with Crippen LogP contribution in [0.1, 0.15) is 15.9 Å². The number of nitrogens with zero attached hydrogens (tertiary/aromatic N) is 1. The molecule has 10 heteroatoms. The molecule has 0 bridgehead atoms. The summed E-state index contributed by atoms with van der Waals surface area (Å²) in [5.41, 5.74) is 6.28. The summed E-state index contributed by atoms with van der Waals surface area (Å²) >= 11 is 0. The van der Waals surface area contributed by atoms with Crippen LogP contribution in [-0.2, 0) is 19.6 Å². The maximum absolute atomic E-state index is 13.0. The van der Waals surface area contributed by atoms with Crippen molar-refractivity contribution in [2.75, 3.05) is 38.7 Å². The number of sulfonamides is 1. The molecule has 1 heterocycles. The van der Waals surface area contributed by atoms with Gasteiger partial charge in [0.15, 0.2) is 0 Å². The van der Waals surface area contributed by atoms with E-state index in [0.717, 1.165) is 0 Å². The highest BCUT2D eigenvalue weighted by Crippen LogP contribution is 2.29. The average molecular weight is 445 g/mol. The number of hydrogen-bond donors (Lipinski definition) is 2. The number of nitrogens with one attached hydrogen (secondary N) is 1. The van der Waals surface area contributed by atoms with Crippen molar-refractivity contribution >= 4 is 33.6 Å². The molecule has 0 aromatic heterocycles. The third-order valence-electron chi connectivity index (χ3n) is 4.65. The van der Waals surface area contributed by atoms with Crippen LogP contribution in [0.3, 0.4) is 0 Å². The summed E-state index contributed by atoms with van der Waals surface area (Å²) in [4.78, 5) is 23.8. The van der Waals surface area contributed by atoms with Gasteiger partial charge in [0.2, 0.25) is 15.9 Å². The Kier molecular flexibility index (Phi) is 7.06. The molecule has 31 heavy (non-hydrogen) atoms. The molecule has 0 saturated carbocycles. The molecule has 2 amide bonds. The summed E-state index contributed by atoms with van der Waals surface area (Å²) in [5.74, 6) is -0.946. The van der Waals surface area contributed by atoms with Gasteiger partial charge in [-0.25, -0.2) is 8.42 Å². The highest BCUT2D eigenvalue weighted by molar-refractivity contribution is 7.89. The summed E-state index contributed by atoms with van der Waals surface area (Å²) in [6.07, 6.45) is 2.71. The first-order valence-electron chi connectivity index (χ1n) is 9.47. The lowest BCUT2D eigenvalue weighted by molar-refractivity contribution is -0.111. The highest BCUT2D eigenvalue weighted by atomic mass is 32.2. The van der Waals surface area contributed by atoms with Crippen LogP contribution >= 0.6 is 0 Å². The molecule has 0 spiro atoms. The van der Waals surface area contributed by atoms with Crippen molar-refractivity contribution in [3.05, 3.63) is 59.7 Å². The van der Waals surface area contributed by atoms with Crippen LogP contribution in [0.5, 0.6) is 5.75 Å². The fourth-order valence-electron chi connectivity index (χ4n) is 3.08. The number of amides is 2. The van der Waals surface area contributed by atoms with Gasteiger partial charge >= 0.3 is 0 Å². The third kappa shape index (κ3) is 5.29. The Balaban J connectivity index is 1.82. The number of morpholine rings is 1. The topological polar surface area (TPSA) is 128 Å². The minimum atomic E-state index is -3.79. The summed E-state index contributed by atoms with van der Waals surface area (Å²) in [7, 11) is -2.39. The maximum atomic E-state index is 13.0. The van der Waals surface area contributed by atoms with E-state index >= 15 is 0 Å². The number of benzene rings is 2. The van der Waals surface area contributed by atoms with Gasteiger partial charge in [-0.05, 0) is 35.9 Å². The third-order valence-corrected chi connectivity index (χ3v) is 6.57. The van der Waals surface area contributed by atoms with Crippen molar-refractivity contribution in [1.29, 1.82) is 0 Å². The Morgan fingerprint density at radius 1 is 1.16 bits per heavy atom. The van der Waals surface area contributed by atoms with Gasteiger partial charge in [0.25, 0.3) is 5.91 Å². The molecule has 0 aliphatic carbocycles. The number of methoxy groups -OCH3 is 1. The number of primary amides is 1. The number of ether oxygens (including phenoxy) is 2. The molecule has 3 N–H and O–H groups in total. The second-order valence-corrected chi connectivity index (χ2v) is 8.57. The maximum Gasteiger partial charge on any atom is 0.250 e. The summed E-state index contributed by atoms with van der Waals surface area (Å²) in [6.45, 7) is 1.17. The Bertz CT molecular complexity index is 1110. The predicted octanol–water partition coefficient (Wildman–Crippen LogP) is 1.47. The van der Waals surface area contributed by atoms with E-state index in [1.165, 1.54) is 41.8 Å². The van der Waals surface area contributed by atoms with Gasteiger partial charge < -0.3 is 20.5 Å². The van der Waals surface area contributed by atoms with E-state index in [0.29, 0.717) is 18.8 Å². The first-order chi connectivity index (χ1) is 14.8. The normalized spacial score (nSPS) is 15.0. The van der Waals surface area contributed by atoms with Crippen LogP contribution in [-0.4, -0.2) is 58.0 Å². The van der Waals surface area contributed by atoms with Crippen molar-refractivity contribution in [3.8, 4) is 5.75 Å². The molecule has 0 atom stereocenters. The fraction of sp³-hybridized carbons (Fsp3) is 0.238. The molecular weight excluding hydrogens is 422 g/mol. The predicted molar refractivity (Wildman–Crippen MR) is 115 cm³/mol. The Labute approximate surface area is 180 Å². The molecule has 1 aliphatic heterocycles. The number of anilines is 1. The van der Waals surface area contributed by atoms with Crippen molar-refractivity contribution < 1.29 is 27.5 Å². The Morgan fingerprint density at radius 2 is 1.87 bits per heavy atom. The zero-order valence-corrected chi connectivity index (χ0v) is 17.7. The van der Waals surface area contributed by atoms with Gasteiger partial charge in [-0.2, -0.15) is 4.31 Å². The largest absolute Gasteiger partial charge is 0.495 e. The Hall–Kier alpha value is -3.21. The molecule has 164 valence electrons. The van der Waals surface area contributed by atoms with Gasteiger partial charge in [-0.3, -0.25) is 9.59 Å². The lowest BCUT2D eigenvalue weighted by atomic mass is 10.1. The van der Waals surface area contributed by atoms with Gasteiger partial charge in [-0.1, -0.05) is 18.2 Å². The van der Waals surface area contributed by atoms with Crippen LogP contribution in [0.2, 0.25) is 0 Å². The second kappa shape index (κ2) is 9.73. The van der Waals surface area contributed by atoms with Gasteiger partial charge in [0, 0.05) is 19.2 Å². The summed E-state index contributed by atoms with van der Waals surface area (Å²) in [5, 5.41) is 2.59. The van der Waals surface area contributed by atoms with Crippen LogP contribution in [0.4, 0.5) is 5.69 Å². The van der Waals surface area contributed by atoms with E-state index in [4.69, 9.17) is 15.2 Å². The molecular formula is C21H23N3O6S. The molecule has 3 rings (SSSR count). The molecule has 1 aliphatic rings. The Morgan fingerprint density at radius 3 is 2.55 bits per heavy atom. The molecule has 9 nitrogen and oxygen atoms in total. The molecule has 2 aromatic carbocycles. The zero-order valence-electron chi connectivity index (χ0n) is 16.9. The lowest BCUT2D eigenvalue weighted by Crippen LogP contribution is -2.40. The molecule has 1 fully saturated rings. The highest BCUT2D eigenvalue weighted by Gasteiger charge is 2.29. The van der Waals surface area contributed by atoms with E-state index in [2.05, 4.69) is 5.32 Å². The van der Waals surface area contributed by atoms with Crippen molar-refractivity contribution in [1.82, 2.24) is 4.31 Å². The van der Waals surface area contributed by atoms with E-state index in [1.54, 1.807) is 24.3 Å². The number of hydrogen-bond acceptors (Lipinski definition) is 6. The number of carbonyl (C=O) groups excluding carboxylic acids is 2. The van der Waals surface area contributed by atoms with Crippen LogP contribution in [0.15, 0.2) is 53.4 Å². The molecule has 2 aromatic rings. The van der Waals surface area contributed by atoms with E-state index in [9.17, 15) is 18.0 Å². The molecule has 0 radical (unpaired) electrons. The van der Waals surface area contributed by atoms with Crippen LogP contribution < -0.4 is 15.8 Å². The van der Waals surface area contributed by atoms with Crippen molar-refractivity contribution in [2.24, 2.45) is 5.73 Å². The summed E-state index contributed by atoms with van der Waals surface area (Å²) in [6, 6.07) is 11.0. The van der Waals surface area contributed by atoms with E-state index in [-0.39, 0.29) is 35.0 Å².